The molecule has 0 unspecified atom stereocenters. The van der Waals surface area contributed by atoms with Crippen molar-refractivity contribution in [3.05, 3.63) is 151 Å². The van der Waals surface area contributed by atoms with Crippen molar-refractivity contribution in [2.75, 3.05) is 0 Å². The Labute approximate surface area is 244 Å². The largest absolute Gasteiger partial charge is 0.309 e. The molecule has 0 aliphatic rings. The summed E-state index contributed by atoms with van der Waals surface area (Å²) in [5.41, 5.74) is 9.94. The highest BCUT2D eigenvalue weighted by Crippen LogP contribution is 2.44. The van der Waals surface area contributed by atoms with Crippen molar-refractivity contribution in [1.82, 2.24) is 4.57 Å². The van der Waals surface area contributed by atoms with E-state index < -0.39 is 0 Å². The molecule has 0 aliphatic heterocycles. The second-order valence-electron chi connectivity index (χ2n) is 11.4. The van der Waals surface area contributed by atoms with Gasteiger partial charge in [0.2, 0.25) is 0 Å². The summed E-state index contributed by atoms with van der Waals surface area (Å²) in [6, 6.07) is 53.7. The molecule has 9 aromatic rings. The average Bonchev–Trinajstić information content (AvgIpc) is 3.38. The number of aromatic nitrogens is 1. The van der Waals surface area contributed by atoms with E-state index in [1.807, 2.05) is 0 Å². The zero-order valence-corrected chi connectivity index (χ0v) is 23.3. The smallest absolute Gasteiger partial charge is 0.0541 e. The van der Waals surface area contributed by atoms with Crippen LogP contribution in [0, 0.1) is 6.92 Å². The Kier molecular flexibility index (Phi) is 4.88. The number of aryl methyl sites for hydroxylation is 1. The number of fused-ring (bicyclic) bond motifs is 3. The first kappa shape index (κ1) is 23.3. The Bertz CT molecular complexity index is 2370. The van der Waals surface area contributed by atoms with Crippen LogP contribution in [0.3, 0.4) is 0 Å². The van der Waals surface area contributed by atoms with Crippen LogP contribution in [0.4, 0.5) is 0 Å². The lowest BCUT2D eigenvalue weighted by Crippen LogP contribution is -1.94. The highest BCUT2D eigenvalue weighted by molar-refractivity contribution is 6.28. The molecule has 1 aromatic heterocycles. The van der Waals surface area contributed by atoms with Gasteiger partial charge >= 0.3 is 0 Å². The molecule has 0 spiro atoms. The molecule has 1 heterocycles. The van der Waals surface area contributed by atoms with Gasteiger partial charge in [-0.15, -0.1) is 0 Å². The third kappa shape index (κ3) is 3.31. The zero-order chi connectivity index (χ0) is 27.8. The fourth-order valence-electron chi connectivity index (χ4n) is 7.03. The summed E-state index contributed by atoms with van der Waals surface area (Å²) in [5, 5.41) is 10.5. The van der Waals surface area contributed by atoms with Gasteiger partial charge in [-0.05, 0) is 91.8 Å². The number of rotatable bonds is 3. The number of para-hydroxylation sites is 2. The van der Waals surface area contributed by atoms with E-state index in [0.29, 0.717) is 0 Å². The molecule has 0 fully saturated rings. The Hall–Kier alpha value is -5.40. The average molecular weight is 534 g/mol. The summed E-state index contributed by atoms with van der Waals surface area (Å²) in [4.78, 5) is 0. The topological polar surface area (TPSA) is 4.93 Å². The van der Waals surface area contributed by atoms with Crippen molar-refractivity contribution in [3.8, 4) is 27.9 Å². The van der Waals surface area contributed by atoms with Crippen LogP contribution in [-0.4, -0.2) is 4.57 Å². The first-order chi connectivity index (χ1) is 20.7. The monoisotopic (exact) mass is 533 g/mol. The zero-order valence-electron chi connectivity index (χ0n) is 23.3. The van der Waals surface area contributed by atoms with Gasteiger partial charge in [-0.1, -0.05) is 121 Å². The number of hydrogen-bond donors (Lipinski definition) is 0. The summed E-state index contributed by atoms with van der Waals surface area (Å²) >= 11 is 0. The molecule has 0 aliphatic carbocycles. The van der Waals surface area contributed by atoms with E-state index >= 15 is 0 Å². The molecular weight excluding hydrogens is 506 g/mol. The van der Waals surface area contributed by atoms with E-state index in [2.05, 4.69) is 157 Å². The normalized spacial score (nSPS) is 11.9. The minimum absolute atomic E-state index is 1.17. The molecule has 1 nitrogen and oxygen atoms in total. The van der Waals surface area contributed by atoms with Crippen molar-refractivity contribution < 1.29 is 0 Å². The van der Waals surface area contributed by atoms with Crippen LogP contribution >= 0.6 is 0 Å². The SMILES string of the molecule is Cc1ccc(-c2cc(-c3ccc(-n4c5ccccc5c5ccccc54)cc3)c3ccc4cccc5ccc2c3c54)cc1. The lowest BCUT2D eigenvalue weighted by molar-refractivity contribution is 1.18. The first-order valence-corrected chi connectivity index (χ1v) is 14.6. The fraction of sp³-hybridized carbons (Fsp3) is 0.0244. The molecule has 0 atom stereocenters. The predicted molar refractivity (Wildman–Crippen MR) is 180 cm³/mol. The number of nitrogens with zero attached hydrogens (tertiary/aromatic N) is 1. The molecular formula is C41H27N. The second kappa shape index (κ2) is 8.80. The van der Waals surface area contributed by atoms with Crippen molar-refractivity contribution in [3.63, 3.8) is 0 Å². The predicted octanol–water partition coefficient (Wildman–Crippen LogP) is 11.3. The molecule has 42 heavy (non-hydrogen) atoms. The molecule has 0 saturated carbocycles. The summed E-state index contributed by atoms with van der Waals surface area (Å²) < 4.78 is 2.39. The number of hydrogen-bond acceptors (Lipinski definition) is 0. The molecule has 0 amide bonds. The molecule has 1 heteroatoms. The lowest BCUT2D eigenvalue weighted by atomic mass is 9.85. The lowest BCUT2D eigenvalue weighted by Gasteiger charge is -2.18. The Morgan fingerprint density at radius 3 is 1.50 bits per heavy atom. The maximum absolute atomic E-state index is 2.40. The van der Waals surface area contributed by atoms with Gasteiger partial charge in [0.05, 0.1) is 11.0 Å². The van der Waals surface area contributed by atoms with Gasteiger partial charge in [0.1, 0.15) is 0 Å². The van der Waals surface area contributed by atoms with E-state index in [4.69, 9.17) is 0 Å². The Morgan fingerprint density at radius 2 is 0.929 bits per heavy atom. The van der Waals surface area contributed by atoms with Gasteiger partial charge in [0.25, 0.3) is 0 Å². The molecule has 8 aromatic carbocycles. The van der Waals surface area contributed by atoms with Crippen molar-refractivity contribution in [2.24, 2.45) is 0 Å². The van der Waals surface area contributed by atoms with Crippen LogP contribution < -0.4 is 0 Å². The van der Waals surface area contributed by atoms with Gasteiger partial charge < -0.3 is 4.57 Å². The summed E-state index contributed by atoms with van der Waals surface area (Å²) in [5.74, 6) is 0. The fourth-order valence-corrected chi connectivity index (χ4v) is 7.03. The van der Waals surface area contributed by atoms with E-state index in [0.717, 1.165) is 0 Å². The summed E-state index contributed by atoms with van der Waals surface area (Å²) in [7, 11) is 0. The third-order valence-electron chi connectivity index (χ3n) is 9.02. The molecule has 196 valence electrons. The maximum Gasteiger partial charge on any atom is 0.0541 e. The summed E-state index contributed by atoms with van der Waals surface area (Å²) in [6.07, 6.45) is 0. The van der Waals surface area contributed by atoms with E-state index in [1.165, 1.54) is 87.6 Å². The van der Waals surface area contributed by atoms with Crippen molar-refractivity contribution in [1.29, 1.82) is 0 Å². The van der Waals surface area contributed by atoms with Crippen LogP contribution in [0.5, 0.6) is 0 Å². The second-order valence-corrected chi connectivity index (χ2v) is 11.4. The quantitative estimate of drug-likeness (QED) is 0.199. The van der Waals surface area contributed by atoms with Crippen molar-refractivity contribution >= 4 is 54.1 Å². The van der Waals surface area contributed by atoms with E-state index in [1.54, 1.807) is 0 Å². The van der Waals surface area contributed by atoms with Gasteiger partial charge in [-0.3, -0.25) is 0 Å². The van der Waals surface area contributed by atoms with Crippen LogP contribution in [0.2, 0.25) is 0 Å². The highest BCUT2D eigenvalue weighted by atomic mass is 15.0. The molecule has 0 radical (unpaired) electrons. The minimum Gasteiger partial charge on any atom is -0.309 e. The van der Waals surface area contributed by atoms with Gasteiger partial charge in [0, 0.05) is 16.5 Å². The van der Waals surface area contributed by atoms with Crippen molar-refractivity contribution in [2.45, 2.75) is 6.92 Å². The molecule has 9 rings (SSSR count). The van der Waals surface area contributed by atoms with Gasteiger partial charge in [0.15, 0.2) is 0 Å². The minimum atomic E-state index is 1.17. The van der Waals surface area contributed by atoms with Crippen LogP contribution in [0.25, 0.3) is 82.1 Å². The highest BCUT2D eigenvalue weighted by Gasteiger charge is 2.17. The van der Waals surface area contributed by atoms with Crippen LogP contribution in [-0.2, 0) is 0 Å². The van der Waals surface area contributed by atoms with Crippen LogP contribution in [0.1, 0.15) is 5.56 Å². The first-order valence-electron chi connectivity index (χ1n) is 14.6. The number of benzene rings is 8. The van der Waals surface area contributed by atoms with Crippen LogP contribution in [0.15, 0.2) is 146 Å². The van der Waals surface area contributed by atoms with Gasteiger partial charge in [-0.2, -0.15) is 0 Å². The molecule has 0 saturated heterocycles. The maximum atomic E-state index is 2.40. The Morgan fingerprint density at radius 1 is 0.405 bits per heavy atom. The third-order valence-corrected chi connectivity index (χ3v) is 9.02. The Balaban J connectivity index is 1.30. The molecule has 0 bridgehead atoms. The summed E-state index contributed by atoms with van der Waals surface area (Å²) in [6.45, 7) is 2.15. The van der Waals surface area contributed by atoms with E-state index in [9.17, 15) is 0 Å². The standard InChI is InChI=1S/C41H27N/c1-26-13-15-27(16-14-26)36-25-37(35-24-20-30-8-6-7-29-19-23-34(36)41(35)40(29)30)28-17-21-31(22-18-28)42-38-11-4-2-9-32(38)33-10-3-5-12-39(33)42/h2-25H,1H3. The van der Waals surface area contributed by atoms with E-state index in [-0.39, 0.29) is 0 Å². The molecule has 0 N–H and O–H groups in total. The van der Waals surface area contributed by atoms with Gasteiger partial charge in [-0.25, -0.2) is 0 Å².